The molecule has 3 rings (SSSR count). The first-order valence-corrected chi connectivity index (χ1v) is 11.9. The number of hydrogen-bond donors (Lipinski definition) is 2. The van der Waals surface area contributed by atoms with E-state index in [1.807, 2.05) is 0 Å². The third kappa shape index (κ3) is 5.49. The lowest BCUT2D eigenvalue weighted by Crippen LogP contribution is -2.62. The molecule has 32 heavy (non-hydrogen) atoms. The summed E-state index contributed by atoms with van der Waals surface area (Å²) in [5.41, 5.74) is -0.516. The molecule has 9 nitrogen and oxygen atoms in total. The van der Waals surface area contributed by atoms with Crippen molar-refractivity contribution in [1.82, 2.24) is 30.2 Å². The van der Waals surface area contributed by atoms with Gasteiger partial charge in [0.2, 0.25) is 5.91 Å². The molecular weight excluding hydrogens is 408 g/mol. The highest BCUT2D eigenvalue weighted by Crippen LogP contribution is 2.26. The summed E-state index contributed by atoms with van der Waals surface area (Å²) in [6.45, 7) is 10.5. The van der Waals surface area contributed by atoms with Gasteiger partial charge in [-0.3, -0.25) is 19.1 Å². The number of nitrogens with one attached hydrogen (secondary N) is 2. The monoisotopic (exact) mass is 446 g/mol. The van der Waals surface area contributed by atoms with E-state index in [2.05, 4.69) is 34.5 Å². The number of carbonyl (C=O) groups excluding carboxylic acids is 3. The minimum Gasteiger partial charge on any atom is -0.354 e. The number of nitrogens with zero attached hydrogens (tertiary/aromatic N) is 4. The molecule has 2 N–H and O–H groups in total. The third-order valence-corrected chi connectivity index (χ3v) is 6.62. The van der Waals surface area contributed by atoms with Crippen LogP contribution in [0.25, 0.3) is 0 Å². The molecule has 0 radical (unpaired) electrons. The summed E-state index contributed by atoms with van der Waals surface area (Å²) >= 11 is 0. The molecule has 0 saturated carbocycles. The van der Waals surface area contributed by atoms with Crippen molar-refractivity contribution >= 4 is 17.7 Å². The Morgan fingerprint density at radius 1 is 1.16 bits per heavy atom. The highest BCUT2D eigenvalue weighted by molar-refractivity contribution is 6.01. The van der Waals surface area contributed by atoms with E-state index in [1.54, 1.807) is 14.0 Å². The molecule has 0 aromatic carbocycles. The maximum absolute atomic E-state index is 12.9. The Hall–Kier alpha value is -2.42. The summed E-state index contributed by atoms with van der Waals surface area (Å²) < 4.78 is 1.49. The molecule has 3 heterocycles. The van der Waals surface area contributed by atoms with Crippen molar-refractivity contribution in [3.05, 3.63) is 17.5 Å². The number of aromatic nitrogens is 2. The third-order valence-electron chi connectivity index (χ3n) is 6.62. The van der Waals surface area contributed by atoms with E-state index < -0.39 is 5.54 Å². The van der Waals surface area contributed by atoms with Gasteiger partial charge in [-0.2, -0.15) is 5.10 Å². The van der Waals surface area contributed by atoms with Crippen molar-refractivity contribution in [2.24, 2.45) is 5.92 Å². The molecule has 1 atom stereocenters. The van der Waals surface area contributed by atoms with Gasteiger partial charge < -0.3 is 20.4 Å². The largest absolute Gasteiger partial charge is 0.354 e. The maximum Gasteiger partial charge on any atom is 0.272 e. The topological polar surface area (TPSA) is 99.6 Å². The van der Waals surface area contributed by atoms with E-state index in [9.17, 15) is 14.4 Å². The molecule has 1 aromatic rings. The van der Waals surface area contributed by atoms with Crippen LogP contribution < -0.4 is 10.6 Å². The number of rotatable bonds is 9. The Morgan fingerprint density at radius 2 is 1.88 bits per heavy atom. The van der Waals surface area contributed by atoms with E-state index in [0.717, 1.165) is 32.5 Å². The van der Waals surface area contributed by atoms with Crippen LogP contribution in [0.3, 0.4) is 0 Å². The van der Waals surface area contributed by atoms with Crippen molar-refractivity contribution in [2.75, 3.05) is 39.8 Å². The summed E-state index contributed by atoms with van der Waals surface area (Å²) in [6, 6.07) is 1.52. The zero-order valence-electron chi connectivity index (χ0n) is 19.9. The lowest BCUT2D eigenvalue weighted by Gasteiger charge is -2.40. The molecule has 3 amide bonds. The number of likely N-dealkylation sites (N-methyl/N-ethyl adjacent to an activating group) is 1. The van der Waals surface area contributed by atoms with Crippen LogP contribution in [0.5, 0.6) is 0 Å². The highest BCUT2D eigenvalue weighted by Gasteiger charge is 2.46. The van der Waals surface area contributed by atoms with E-state index >= 15 is 0 Å². The van der Waals surface area contributed by atoms with Crippen molar-refractivity contribution in [3.63, 3.8) is 0 Å². The van der Waals surface area contributed by atoms with Crippen LogP contribution >= 0.6 is 0 Å². The van der Waals surface area contributed by atoms with Gasteiger partial charge in [-0.15, -0.1) is 0 Å². The molecule has 9 heteroatoms. The van der Waals surface area contributed by atoms with Gasteiger partial charge in [-0.25, -0.2) is 0 Å². The van der Waals surface area contributed by atoms with Gasteiger partial charge in [-0.1, -0.05) is 20.3 Å². The predicted octanol–water partition coefficient (Wildman–Crippen LogP) is 1.50. The normalized spacial score (nSPS) is 21.5. The Kier molecular flexibility index (Phi) is 7.92. The Morgan fingerprint density at radius 3 is 2.56 bits per heavy atom. The quantitative estimate of drug-likeness (QED) is 0.560. The molecule has 178 valence electrons. The molecule has 0 spiro atoms. The summed E-state index contributed by atoms with van der Waals surface area (Å²) in [5, 5.41) is 10.2. The highest BCUT2D eigenvalue weighted by atomic mass is 16.2. The summed E-state index contributed by atoms with van der Waals surface area (Å²) in [5.74, 6) is -0.329. The van der Waals surface area contributed by atoms with E-state index in [-0.39, 0.29) is 30.0 Å². The average molecular weight is 447 g/mol. The Bertz CT molecular complexity index is 830. The molecule has 1 unspecified atom stereocenters. The minimum atomic E-state index is -1.06. The molecule has 2 aliphatic rings. The van der Waals surface area contributed by atoms with Gasteiger partial charge in [0.15, 0.2) is 5.69 Å². The van der Waals surface area contributed by atoms with E-state index in [1.165, 1.54) is 34.9 Å². The first-order valence-electron chi connectivity index (χ1n) is 11.9. The van der Waals surface area contributed by atoms with E-state index in [4.69, 9.17) is 0 Å². The molecule has 1 fully saturated rings. The van der Waals surface area contributed by atoms with Gasteiger partial charge in [0.05, 0.1) is 6.54 Å². The number of fused-ring (bicyclic) bond motifs is 1. The van der Waals surface area contributed by atoms with Crippen LogP contribution in [0.15, 0.2) is 6.07 Å². The van der Waals surface area contributed by atoms with Crippen LogP contribution in [0, 0.1) is 5.92 Å². The van der Waals surface area contributed by atoms with Crippen molar-refractivity contribution in [3.8, 4) is 0 Å². The van der Waals surface area contributed by atoms with Crippen LogP contribution in [-0.4, -0.2) is 82.6 Å². The summed E-state index contributed by atoms with van der Waals surface area (Å²) in [4.78, 5) is 42.3. The second kappa shape index (κ2) is 10.5. The van der Waals surface area contributed by atoms with E-state index in [0.29, 0.717) is 24.7 Å². The first kappa shape index (κ1) is 24.2. The van der Waals surface area contributed by atoms with Gasteiger partial charge in [0.1, 0.15) is 11.2 Å². The van der Waals surface area contributed by atoms with Crippen LogP contribution in [0.1, 0.15) is 73.9 Å². The maximum atomic E-state index is 12.9. The van der Waals surface area contributed by atoms with Crippen LogP contribution in [-0.2, 0) is 11.3 Å². The number of carbonyl (C=O) groups is 3. The van der Waals surface area contributed by atoms with Crippen molar-refractivity contribution in [1.29, 1.82) is 0 Å². The van der Waals surface area contributed by atoms with Crippen molar-refractivity contribution in [2.45, 2.75) is 65.0 Å². The first-order chi connectivity index (χ1) is 15.2. The fourth-order valence-electron chi connectivity index (χ4n) is 4.28. The number of hydrogen-bond acceptors (Lipinski definition) is 5. The van der Waals surface area contributed by atoms with Crippen LogP contribution in [0.2, 0.25) is 0 Å². The fourth-order valence-corrected chi connectivity index (χ4v) is 4.28. The predicted molar refractivity (Wildman–Crippen MR) is 122 cm³/mol. The van der Waals surface area contributed by atoms with Gasteiger partial charge in [-0.05, 0) is 58.2 Å². The Balaban J connectivity index is 1.58. The van der Waals surface area contributed by atoms with Gasteiger partial charge >= 0.3 is 0 Å². The molecular formula is C23H38N6O3. The zero-order chi connectivity index (χ0) is 23.3. The Labute approximate surface area is 190 Å². The standard InChI is InChI=1S/C23H38N6O3/c1-17(2)9-11-25-22(32)23(3)16-29-19(21(31)27(23)4)15-18(26-29)20(30)24-10-8-14-28-12-6-5-7-13-28/h15,17H,5-14,16H2,1-4H3,(H,24,30)(H,25,32). The van der Waals surface area contributed by atoms with Gasteiger partial charge in [0, 0.05) is 26.2 Å². The zero-order valence-corrected chi connectivity index (χ0v) is 19.9. The number of amides is 3. The molecule has 1 saturated heterocycles. The second-order valence-electron chi connectivity index (χ2n) is 9.66. The SMILES string of the molecule is CC(C)CCNC(=O)C1(C)Cn2nc(C(=O)NCCCN3CCCCC3)cc2C(=O)N1C. The summed E-state index contributed by atoms with van der Waals surface area (Å²) in [7, 11) is 1.63. The lowest BCUT2D eigenvalue weighted by atomic mass is 9.95. The van der Waals surface area contributed by atoms with Gasteiger partial charge in [0.25, 0.3) is 11.8 Å². The molecule has 2 aliphatic heterocycles. The smallest absolute Gasteiger partial charge is 0.272 e. The molecule has 0 bridgehead atoms. The minimum absolute atomic E-state index is 0.209. The number of likely N-dealkylation sites (tertiary alicyclic amines) is 1. The molecule has 0 aliphatic carbocycles. The second-order valence-corrected chi connectivity index (χ2v) is 9.66. The fraction of sp³-hybridized carbons (Fsp3) is 0.739. The molecule has 1 aromatic heterocycles. The van der Waals surface area contributed by atoms with Crippen molar-refractivity contribution < 1.29 is 14.4 Å². The average Bonchev–Trinajstić information content (AvgIpc) is 3.19. The number of piperidine rings is 1. The van der Waals surface area contributed by atoms with Crippen LogP contribution in [0.4, 0.5) is 0 Å². The summed E-state index contributed by atoms with van der Waals surface area (Å²) in [6.07, 6.45) is 5.57. The lowest BCUT2D eigenvalue weighted by molar-refractivity contribution is -0.132.